The van der Waals surface area contributed by atoms with Crippen molar-refractivity contribution in [2.75, 3.05) is 20.3 Å². The van der Waals surface area contributed by atoms with Gasteiger partial charge in [0.15, 0.2) is 0 Å². The van der Waals surface area contributed by atoms with Gasteiger partial charge in [0.25, 0.3) is 0 Å². The maximum Gasteiger partial charge on any atom is 0.110 e. The molecule has 0 saturated carbocycles. The number of nitrogens with one attached hydrogen (secondary N) is 1. The quantitative estimate of drug-likeness (QED) is 0.761. The SMILES string of the molecule is COCCNCc1snnc1-c1ccc(CC(C)C)cc1. The summed E-state index contributed by atoms with van der Waals surface area (Å²) in [4.78, 5) is 1.17. The van der Waals surface area contributed by atoms with Crippen LogP contribution in [0.1, 0.15) is 24.3 Å². The maximum atomic E-state index is 5.03. The number of aromatic nitrogens is 2. The molecule has 4 nitrogen and oxygen atoms in total. The van der Waals surface area contributed by atoms with Crippen molar-refractivity contribution in [2.24, 2.45) is 5.92 Å². The zero-order valence-corrected chi connectivity index (χ0v) is 13.7. The van der Waals surface area contributed by atoms with Gasteiger partial charge >= 0.3 is 0 Å². The molecule has 0 unspecified atom stereocenters. The Hall–Kier alpha value is -1.30. The van der Waals surface area contributed by atoms with E-state index in [1.807, 2.05) is 0 Å². The first-order valence-corrected chi connectivity index (χ1v) is 8.08. The molecule has 0 aliphatic heterocycles. The minimum Gasteiger partial charge on any atom is -0.383 e. The van der Waals surface area contributed by atoms with Crippen LogP contribution in [0.5, 0.6) is 0 Å². The molecule has 0 aliphatic carbocycles. The average molecular weight is 305 g/mol. The lowest BCUT2D eigenvalue weighted by atomic mass is 10.0. The Labute approximate surface area is 130 Å². The van der Waals surface area contributed by atoms with Gasteiger partial charge in [-0.2, -0.15) is 0 Å². The van der Waals surface area contributed by atoms with E-state index < -0.39 is 0 Å². The van der Waals surface area contributed by atoms with Crippen molar-refractivity contribution in [1.82, 2.24) is 14.9 Å². The normalized spacial score (nSPS) is 11.2. The van der Waals surface area contributed by atoms with Crippen LogP contribution in [0, 0.1) is 5.92 Å². The molecule has 0 fully saturated rings. The fraction of sp³-hybridized carbons (Fsp3) is 0.500. The molecule has 1 aromatic heterocycles. The number of hydrogen-bond acceptors (Lipinski definition) is 5. The van der Waals surface area contributed by atoms with Gasteiger partial charge in [-0.1, -0.05) is 42.6 Å². The maximum absolute atomic E-state index is 5.03. The predicted octanol–water partition coefficient (Wildman–Crippen LogP) is 3.14. The van der Waals surface area contributed by atoms with Crippen molar-refractivity contribution in [2.45, 2.75) is 26.8 Å². The second kappa shape index (κ2) is 8.22. The number of rotatable bonds is 8. The van der Waals surface area contributed by atoms with Gasteiger partial charge in [0.2, 0.25) is 0 Å². The summed E-state index contributed by atoms with van der Waals surface area (Å²) in [6.07, 6.45) is 1.11. The third kappa shape index (κ3) is 4.88. The third-order valence-corrected chi connectivity index (χ3v) is 3.92. The smallest absolute Gasteiger partial charge is 0.110 e. The van der Waals surface area contributed by atoms with Crippen LogP contribution in [0.25, 0.3) is 11.3 Å². The lowest BCUT2D eigenvalue weighted by Crippen LogP contribution is -2.18. The van der Waals surface area contributed by atoms with Crippen molar-refractivity contribution in [3.8, 4) is 11.3 Å². The van der Waals surface area contributed by atoms with E-state index in [2.05, 4.69) is 53.0 Å². The molecule has 0 bridgehead atoms. The zero-order valence-electron chi connectivity index (χ0n) is 12.9. The van der Waals surface area contributed by atoms with E-state index in [0.717, 1.165) is 30.8 Å². The molecule has 0 amide bonds. The summed E-state index contributed by atoms with van der Waals surface area (Å²) in [5, 5.41) is 7.61. The van der Waals surface area contributed by atoms with Gasteiger partial charge in [-0.05, 0) is 29.4 Å². The first-order valence-electron chi connectivity index (χ1n) is 7.31. The van der Waals surface area contributed by atoms with Crippen LogP contribution >= 0.6 is 11.5 Å². The molecule has 1 N–H and O–H groups in total. The summed E-state index contributed by atoms with van der Waals surface area (Å²) in [6.45, 7) is 6.81. The summed E-state index contributed by atoms with van der Waals surface area (Å²) in [5.74, 6) is 0.678. The minimum absolute atomic E-state index is 0.678. The number of benzene rings is 1. The zero-order chi connectivity index (χ0) is 15.1. The lowest BCUT2D eigenvalue weighted by Gasteiger charge is -2.07. The number of ether oxygens (including phenoxy) is 1. The molecular formula is C16H23N3OS. The summed E-state index contributed by atoms with van der Waals surface area (Å²) in [5.41, 5.74) is 3.50. The van der Waals surface area contributed by atoms with Crippen LogP contribution < -0.4 is 5.32 Å². The number of methoxy groups -OCH3 is 1. The summed E-state index contributed by atoms with van der Waals surface area (Å²) in [6, 6.07) is 8.67. The van der Waals surface area contributed by atoms with Gasteiger partial charge in [0, 0.05) is 25.8 Å². The average Bonchev–Trinajstić information content (AvgIpc) is 2.92. The molecule has 2 rings (SSSR count). The molecular weight excluding hydrogens is 282 g/mol. The first kappa shape index (κ1) is 16.1. The Morgan fingerprint density at radius 3 is 2.67 bits per heavy atom. The largest absolute Gasteiger partial charge is 0.383 e. The van der Waals surface area contributed by atoms with Gasteiger partial charge in [0.1, 0.15) is 5.69 Å². The molecule has 21 heavy (non-hydrogen) atoms. The van der Waals surface area contributed by atoms with E-state index in [0.29, 0.717) is 12.5 Å². The van der Waals surface area contributed by atoms with Gasteiger partial charge in [-0.25, -0.2) is 0 Å². The van der Waals surface area contributed by atoms with Crippen molar-refractivity contribution < 1.29 is 4.74 Å². The highest BCUT2D eigenvalue weighted by atomic mass is 32.1. The molecule has 114 valence electrons. The Morgan fingerprint density at radius 2 is 2.00 bits per heavy atom. The summed E-state index contributed by atoms with van der Waals surface area (Å²) < 4.78 is 9.12. The van der Waals surface area contributed by atoms with Crippen molar-refractivity contribution in [1.29, 1.82) is 0 Å². The Kier molecular flexibility index (Phi) is 6.29. The molecule has 2 aromatic rings. The molecule has 0 atom stereocenters. The first-order chi connectivity index (χ1) is 10.2. The van der Waals surface area contributed by atoms with Gasteiger partial charge < -0.3 is 10.1 Å². The monoisotopic (exact) mass is 305 g/mol. The number of hydrogen-bond donors (Lipinski definition) is 1. The van der Waals surface area contributed by atoms with Crippen LogP contribution in [-0.2, 0) is 17.7 Å². The highest BCUT2D eigenvalue weighted by Gasteiger charge is 2.10. The highest BCUT2D eigenvalue weighted by Crippen LogP contribution is 2.24. The topological polar surface area (TPSA) is 47.0 Å². The molecule has 0 saturated heterocycles. The van der Waals surface area contributed by atoms with Gasteiger partial charge in [-0.15, -0.1) is 5.10 Å². The van der Waals surface area contributed by atoms with Crippen LogP contribution in [0.3, 0.4) is 0 Å². The minimum atomic E-state index is 0.678. The van der Waals surface area contributed by atoms with Crippen molar-refractivity contribution in [3.05, 3.63) is 34.7 Å². The second-order valence-electron chi connectivity index (χ2n) is 5.51. The van der Waals surface area contributed by atoms with E-state index >= 15 is 0 Å². The third-order valence-electron chi connectivity index (χ3n) is 3.20. The predicted molar refractivity (Wildman–Crippen MR) is 87.5 cm³/mol. The molecule has 1 heterocycles. The highest BCUT2D eigenvalue weighted by molar-refractivity contribution is 7.05. The van der Waals surface area contributed by atoms with Crippen LogP contribution in [-0.4, -0.2) is 29.8 Å². The molecule has 0 spiro atoms. The Balaban J connectivity index is 2.02. The lowest BCUT2D eigenvalue weighted by molar-refractivity contribution is 0.199. The van der Waals surface area contributed by atoms with Crippen LogP contribution in [0.15, 0.2) is 24.3 Å². The van der Waals surface area contributed by atoms with Crippen LogP contribution in [0.4, 0.5) is 0 Å². The Morgan fingerprint density at radius 1 is 1.24 bits per heavy atom. The standard InChI is InChI=1S/C16H23N3OS/c1-12(2)10-13-4-6-14(7-5-13)16-15(21-19-18-16)11-17-8-9-20-3/h4-7,12,17H,8-11H2,1-3H3. The fourth-order valence-corrected chi connectivity index (χ4v) is 2.82. The number of nitrogens with zero attached hydrogens (tertiary/aromatic N) is 2. The second-order valence-corrected chi connectivity index (χ2v) is 6.35. The van der Waals surface area contributed by atoms with E-state index in [1.165, 1.54) is 22.0 Å². The molecule has 1 aromatic carbocycles. The summed E-state index contributed by atoms with van der Waals surface area (Å²) in [7, 11) is 1.71. The van der Waals surface area contributed by atoms with Crippen LogP contribution in [0.2, 0.25) is 0 Å². The fourth-order valence-electron chi connectivity index (χ4n) is 2.19. The molecule has 0 aliphatic rings. The molecule has 0 radical (unpaired) electrons. The Bertz CT molecular complexity index is 537. The summed E-state index contributed by atoms with van der Waals surface area (Å²) >= 11 is 1.45. The van der Waals surface area contributed by atoms with E-state index in [9.17, 15) is 0 Å². The van der Waals surface area contributed by atoms with Gasteiger partial charge in [-0.3, -0.25) is 0 Å². The van der Waals surface area contributed by atoms with Crippen molar-refractivity contribution >= 4 is 11.5 Å². The van der Waals surface area contributed by atoms with Crippen molar-refractivity contribution in [3.63, 3.8) is 0 Å². The van der Waals surface area contributed by atoms with E-state index in [1.54, 1.807) is 7.11 Å². The van der Waals surface area contributed by atoms with E-state index in [4.69, 9.17) is 4.74 Å². The van der Waals surface area contributed by atoms with Gasteiger partial charge in [0.05, 0.1) is 11.5 Å². The van der Waals surface area contributed by atoms with E-state index in [-0.39, 0.29) is 0 Å². The molecule has 5 heteroatoms.